The summed E-state index contributed by atoms with van der Waals surface area (Å²) in [6, 6.07) is 20.6. The smallest absolute Gasteiger partial charge is 0.252 e. The number of nitrogens with one attached hydrogen (secondary N) is 1. The molecule has 0 bridgehead atoms. The first-order valence-electron chi connectivity index (χ1n) is 8.89. The molecule has 3 aromatic carbocycles. The molecular formula is C22H20N2O3. The van der Waals surface area contributed by atoms with Crippen molar-refractivity contribution in [2.75, 3.05) is 18.6 Å². The highest BCUT2D eigenvalue weighted by molar-refractivity contribution is 6.07. The molecule has 3 aromatic rings. The lowest BCUT2D eigenvalue weighted by Crippen LogP contribution is -2.37. The Morgan fingerprint density at radius 2 is 1.78 bits per heavy atom. The van der Waals surface area contributed by atoms with Crippen molar-refractivity contribution in [2.45, 2.75) is 12.5 Å². The molecule has 27 heavy (non-hydrogen) atoms. The quantitative estimate of drug-likeness (QED) is 0.776. The molecule has 2 amide bonds. The topological polar surface area (TPSA) is 58.6 Å². The molecular weight excluding hydrogens is 340 g/mol. The minimum absolute atomic E-state index is 0.00314. The molecule has 1 aliphatic rings. The summed E-state index contributed by atoms with van der Waals surface area (Å²) in [5.74, 6) is 0.593. The summed E-state index contributed by atoms with van der Waals surface area (Å²) in [7, 11) is 1.61. The Labute approximate surface area is 157 Å². The van der Waals surface area contributed by atoms with Crippen LogP contribution in [0.3, 0.4) is 0 Å². The standard InChI is InChI=1S/C22H20N2O3/c1-27-18-11-9-17(10-12-18)24-14-16(13-21(24)25)23-22(26)20-8-4-6-15-5-2-3-7-19(15)20/h2-12,16H,13-14H2,1H3,(H,23,26)/t16-/m1/s1. The third-order valence-corrected chi connectivity index (χ3v) is 4.88. The molecule has 1 fully saturated rings. The number of amides is 2. The van der Waals surface area contributed by atoms with Gasteiger partial charge in [0.15, 0.2) is 0 Å². The number of ether oxygens (including phenoxy) is 1. The van der Waals surface area contributed by atoms with Gasteiger partial charge in [0.1, 0.15) is 5.75 Å². The monoisotopic (exact) mass is 360 g/mol. The third kappa shape index (κ3) is 3.36. The fourth-order valence-corrected chi connectivity index (χ4v) is 3.50. The maximum absolute atomic E-state index is 12.8. The zero-order valence-electron chi connectivity index (χ0n) is 15.0. The lowest BCUT2D eigenvalue weighted by atomic mass is 10.0. The van der Waals surface area contributed by atoms with Crippen LogP contribution in [-0.4, -0.2) is 31.5 Å². The highest BCUT2D eigenvalue weighted by atomic mass is 16.5. The highest BCUT2D eigenvalue weighted by Crippen LogP contribution is 2.25. The summed E-state index contributed by atoms with van der Waals surface area (Å²) in [4.78, 5) is 26.9. The van der Waals surface area contributed by atoms with Gasteiger partial charge in [-0.2, -0.15) is 0 Å². The highest BCUT2D eigenvalue weighted by Gasteiger charge is 2.32. The van der Waals surface area contributed by atoms with Crippen LogP contribution >= 0.6 is 0 Å². The van der Waals surface area contributed by atoms with E-state index in [0.717, 1.165) is 22.2 Å². The van der Waals surface area contributed by atoms with Crippen molar-refractivity contribution in [3.05, 3.63) is 72.3 Å². The number of nitrogens with zero attached hydrogens (tertiary/aromatic N) is 1. The molecule has 0 aromatic heterocycles. The fraction of sp³-hybridized carbons (Fsp3) is 0.182. The predicted octanol–water partition coefficient (Wildman–Crippen LogP) is 3.38. The molecule has 4 rings (SSSR count). The lowest BCUT2D eigenvalue weighted by molar-refractivity contribution is -0.117. The van der Waals surface area contributed by atoms with E-state index >= 15 is 0 Å². The van der Waals surface area contributed by atoms with Crippen molar-refractivity contribution in [1.29, 1.82) is 0 Å². The van der Waals surface area contributed by atoms with Crippen molar-refractivity contribution in [3.63, 3.8) is 0 Å². The fourth-order valence-electron chi connectivity index (χ4n) is 3.50. The van der Waals surface area contributed by atoms with Crippen molar-refractivity contribution in [2.24, 2.45) is 0 Å². The molecule has 1 aliphatic heterocycles. The van der Waals surface area contributed by atoms with Gasteiger partial charge in [0, 0.05) is 24.2 Å². The van der Waals surface area contributed by atoms with E-state index in [-0.39, 0.29) is 17.9 Å². The number of anilines is 1. The Bertz CT molecular complexity index is 993. The maximum Gasteiger partial charge on any atom is 0.252 e. The Morgan fingerprint density at radius 1 is 1.04 bits per heavy atom. The summed E-state index contributed by atoms with van der Waals surface area (Å²) in [6.07, 6.45) is 0.294. The van der Waals surface area contributed by atoms with E-state index < -0.39 is 0 Å². The van der Waals surface area contributed by atoms with Gasteiger partial charge < -0.3 is 15.0 Å². The van der Waals surface area contributed by atoms with Crippen LogP contribution in [0.25, 0.3) is 10.8 Å². The first-order chi connectivity index (χ1) is 13.2. The van der Waals surface area contributed by atoms with E-state index in [2.05, 4.69) is 5.32 Å². The van der Waals surface area contributed by atoms with E-state index in [1.165, 1.54) is 0 Å². The number of fused-ring (bicyclic) bond motifs is 1. The molecule has 5 nitrogen and oxygen atoms in total. The van der Waals surface area contributed by atoms with Crippen LogP contribution in [0.2, 0.25) is 0 Å². The van der Waals surface area contributed by atoms with Crippen LogP contribution in [0.15, 0.2) is 66.7 Å². The summed E-state index contributed by atoms with van der Waals surface area (Å²) < 4.78 is 5.16. The Hall–Kier alpha value is -3.34. The molecule has 0 unspecified atom stereocenters. The first-order valence-corrected chi connectivity index (χ1v) is 8.89. The summed E-state index contributed by atoms with van der Waals surface area (Å²) in [6.45, 7) is 0.460. The van der Waals surface area contributed by atoms with E-state index in [1.807, 2.05) is 66.7 Å². The maximum atomic E-state index is 12.8. The summed E-state index contributed by atoms with van der Waals surface area (Å²) in [5, 5.41) is 4.95. The minimum Gasteiger partial charge on any atom is -0.497 e. The molecule has 5 heteroatoms. The zero-order chi connectivity index (χ0) is 18.8. The Balaban J connectivity index is 1.50. The van der Waals surface area contributed by atoms with Gasteiger partial charge in [-0.15, -0.1) is 0 Å². The second kappa shape index (κ2) is 7.11. The molecule has 1 heterocycles. The first kappa shape index (κ1) is 17.1. The van der Waals surface area contributed by atoms with Gasteiger partial charge in [0.25, 0.3) is 5.91 Å². The van der Waals surface area contributed by atoms with E-state index in [0.29, 0.717) is 18.5 Å². The average molecular weight is 360 g/mol. The van der Waals surface area contributed by atoms with Gasteiger partial charge >= 0.3 is 0 Å². The molecule has 0 radical (unpaired) electrons. The normalized spacial score (nSPS) is 16.6. The zero-order valence-corrected chi connectivity index (χ0v) is 15.0. The Kier molecular flexibility index (Phi) is 4.50. The number of hydrogen-bond acceptors (Lipinski definition) is 3. The number of methoxy groups -OCH3 is 1. The summed E-state index contributed by atoms with van der Waals surface area (Å²) >= 11 is 0. The number of rotatable bonds is 4. The van der Waals surface area contributed by atoms with E-state index in [1.54, 1.807) is 12.0 Å². The van der Waals surface area contributed by atoms with Crippen LogP contribution < -0.4 is 15.0 Å². The van der Waals surface area contributed by atoms with Crippen LogP contribution in [0.5, 0.6) is 5.75 Å². The van der Waals surface area contributed by atoms with Crippen LogP contribution in [0.1, 0.15) is 16.8 Å². The number of benzene rings is 3. The summed E-state index contributed by atoms with van der Waals surface area (Å²) in [5.41, 5.74) is 1.44. The van der Waals surface area contributed by atoms with E-state index in [9.17, 15) is 9.59 Å². The molecule has 0 spiro atoms. The third-order valence-electron chi connectivity index (χ3n) is 4.88. The predicted molar refractivity (Wildman–Crippen MR) is 105 cm³/mol. The van der Waals surface area contributed by atoms with Crippen molar-refractivity contribution in [3.8, 4) is 5.75 Å². The SMILES string of the molecule is COc1ccc(N2C[C@H](NC(=O)c3cccc4ccccc34)CC2=O)cc1. The number of carbonyl (C=O) groups is 2. The van der Waals surface area contributed by atoms with Gasteiger partial charge in [-0.3, -0.25) is 9.59 Å². The minimum atomic E-state index is -0.217. The Morgan fingerprint density at radius 3 is 2.56 bits per heavy atom. The molecule has 0 saturated carbocycles. The molecule has 1 atom stereocenters. The second-order valence-corrected chi connectivity index (χ2v) is 6.60. The molecule has 1 saturated heterocycles. The largest absolute Gasteiger partial charge is 0.497 e. The van der Waals surface area contributed by atoms with Gasteiger partial charge in [0.05, 0.1) is 13.2 Å². The number of carbonyl (C=O) groups excluding carboxylic acids is 2. The van der Waals surface area contributed by atoms with Crippen LogP contribution in [-0.2, 0) is 4.79 Å². The van der Waals surface area contributed by atoms with Gasteiger partial charge in [0.2, 0.25) is 5.91 Å². The van der Waals surface area contributed by atoms with Crippen LogP contribution in [0, 0.1) is 0 Å². The number of hydrogen-bond donors (Lipinski definition) is 1. The average Bonchev–Trinajstić information content (AvgIpc) is 3.07. The van der Waals surface area contributed by atoms with Gasteiger partial charge in [-0.05, 0) is 41.1 Å². The van der Waals surface area contributed by atoms with E-state index in [4.69, 9.17) is 4.74 Å². The van der Waals surface area contributed by atoms with Crippen molar-refractivity contribution >= 4 is 28.3 Å². The molecule has 0 aliphatic carbocycles. The van der Waals surface area contributed by atoms with Gasteiger partial charge in [-0.1, -0.05) is 36.4 Å². The van der Waals surface area contributed by atoms with Crippen LogP contribution in [0.4, 0.5) is 5.69 Å². The van der Waals surface area contributed by atoms with Gasteiger partial charge in [-0.25, -0.2) is 0 Å². The second-order valence-electron chi connectivity index (χ2n) is 6.60. The molecule has 136 valence electrons. The van der Waals surface area contributed by atoms with Crippen molar-refractivity contribution in [1.82, 2.24) is 5.32 Å². The molecule has 1 N–H and O–H groups in total. The lowest BCUT2D eigenvalue weighted by Gasteiger charge is -2.18. The van der Waals surface area contributed by atoms with Crippen molar-refractivity contribution < 1.29 is 14.3 Å².